The van der Waals surface area contributed by atoms with Crippen molar-refractivity contribution in [1.82, 2.24) is 0 Å². The molecule has 0 aromatic carbocycles. The fraction of sp³-hybridized carbons (Fsp3) is 1.00. The van der Waals surface area contributed by atoms with E-state index in [1.165, 1.54) is 0 Å². The van der Waals surface area contributed by atoms with E-state index in [0.717, 1.165) is 25.9 Å². The highest BCUT2D eigenvalue weighted by molar-refractivity contribution is 4.71. The van der Waals surface area contributed by atoms with Crippen molar-refractivity contribution in [3.05, 3.63) is 0 Å². The number of methoxy groups -OCH3 is 1. The van der Waals surface area contributed by atoms with Gasteiger partial charge in [0.2, 0.25) is 0 Å². The lowest BCUT2D eigenvalue weighted by Crippen LogP contribution is -2.47. The maximum Gasteiger partial charge on any atom is 0.285 e. The Morgan fingerprint density at radius 1 is 1.54 bits per heavy atom. The van der Waals surface area contributed by atoms with E-state index < -0.39 is 5.97 Å². The van der Waals surface area contributed by atoms with Crippen molar-refractivity contribution in [1.29, 1.82) is 0 Å². The van der Waals surface area contributed by atoms with Crippen molar-refractivity contribution in [2.75, 3.05) is 20.3 Å². The molecule has 1 aliphatic heterocycles. The number of rotatable bonds is 4. The zero-order chi connectivity index (χ0) is 9.73. The van der Waals surface area contributed by atoms with Crippen LogP contribution in [0.15, 0.2) is 0 Å². The second-order valence-corrected chi connectivity index (χ2v) is 3.55. The van der Waals surface area contributed by atoms with Gasteiger partial charge in [-0.1, -0.05) is 13.8 Å². The van der Waals surface area contributed by atoms with Gasteiger partial charge in [-0.2, -0.15) is 0 Å². The molecule has 3 heteroatoms. The van der Waals surface area contributed by atoms with Crippen LogP contribution in [0.5, 0.6) is 0 Å². The molecule has 0 aromatic rings. The third-order valence-corrected chi connectivity index (χ3v) is 2.48. The topological polar surface area (TPSA) is 27.7 Å². The molecule has 13 heavy (non-hydrogen) atoms. The van der Waals surface area contributed by atoms with Gasteiger partial charge in [-0.3, -0.25) is 0 Å². The summed E-state index contributed by atoms with van der Waals surface area (Å²) in [5, 5.41) is 0. The molecule has 0 bridgehead atoms. The molecule has 0 spiro atoms. The van der Waals surface area contributed by atoms with E-state index in [-0.39, 0.29) is 0 Å². The van der Waals surface area contributed by atoms with E-state index in [1.807, 2.05) is 0 Å². The van der Waals surface area contributed by atoms with E-state index >= 15 is 0 Å². The molecular formula is C10H20O3. The van der Waals surface area contributed by atoms with Crippen LogP contribution in [0.25, 0.3) is 0 Å². The predicted octanol–water partition coefficient (Wildman–Crippen LogP) is 2.16. The van der Waals surface area contributed by atoms with E-state index in [1.54, 1.807) is 7.11 Å². The first-order valence-corrected chi connectivity index (χ1v) is 5.08. The third-order valence-electron chi connectivity index (χ3n) is 2.48. The summed E-state index contributed by atoms with van der Waals surface area (Å²) >= 11 is 0. The summed E-state index contributed by atoms with van der Waals surface area (Å²) in [6, 6.07) is 0. The zero-order valence-corrected chi connectivity index (χ0v) is 8.84. The van der Waals surface area contributed by atoms with Gasteiger partial charge in [0.1, 0.15) is 0 Å². The Labute approximate surface area is 80.4 Å². The maximum atomic E-state index is 5.64. The summed E-state index contributed by atoms with van der Waals surface area (Å²) in [5.41, 5.74) is 0. The second kappa shape index (κ2) is 4.94. The molecule has 0 aliphatic carbocycles. The van der Waals surface area contributed by atoms with Crippen LogP contribution in [0.3, 0.4) is 0 Å². The Kier molecular flexibility index (Phi) is 4.16. The second-order valence-electron chi connectivity index (χ2n) is 3.55. The highest BCUT2D eigenvalue weighted by Crippen LogP contribution is 2.32. The molecule has 0 amide bonds. The molecule has 0 N–H and O–H groups in total. The first-order chi connectivity index (χ1) is 6.25. The first kappa shape index (κ1) is 11.0. The van der Waals surface area contributed by atoms with Gasteiger partial charge in [0.15, 0.2) is 0 Å². The smallest absolute Gasteiger partial charge is 0.285 e. The minimum absolute atomic E-state index is 0.317. The van der Waals surface area contributed by atoms with Gasteiger partial charge in [-0.25, -0.2) is 0 Å². The highest BCUT2D eigenvalue weighted by Gasteiger charge is 2.41. The quantitative estimate of drug-likeness (QED) is 0.633. The lowest BCUT2D eigenvalue weighted by molar-refractivity contribution is -0.405. The normalized spacial score (nSPS) is 34.8. The third kappa shape index (κ3) is 2.42. The summed E-state index contributed by atoms with van der Waals surface area (Å²) in [4.78, 5) is 0. The number of ether oxygens (including phenoxy) is 3. The van der Waals surface area contributed by atoms with Gasteiger partial charge < -0.3 is 14.2 Å². The fourth-order valence-electron chi connectivity index (χ4n) is 1.67. The van der Waals surface area contributed by atoms with Crippen LogP contribution in [-0.4, -0.2) is 26.3 Å². The standard InChI is InChI=1S/C10H20O3/c1-4-7-12-10(11-3)9(2)6-5-8-13-10/h9H,4-8H2,1-3H3. The molecule has 1 heterocycles. The summed E-state index contributed by atoms with van der Waals surface area (Å²) < 4.78 is 16.6. The van der Waals surface area contributed by atoms with Crippen LogP contribution < -0.4 is 0 Å². The van der Waals surface area contributed by atoms with E-state index in [0.29, 0.717) is 12.5 Å². The van der Waals surface area contributed by atoms with Crippen LogP contribution in [0.2, 0.25) is 0 Å². The van der Waals surface area contributed by atoms with Crippen molar-refractivity contribution >= 4 is 0 Å². The molecule has 3 nitrogen and oxygen atoms in total. The average molecular weight is 188 g/mol. The van der Waals surface area contributed by atoms with Crippen LogP contribution in [0.1, 0.15) is 33.1 Å². The average Bonchev–Trinajstić information content (AvgIpc) is 2.17. The number of hydrogen-bond acceptors (Lipinski definition) is 3. The summed E-state index contributed by atoms with van der Waals surface area (Å²) in [6.07, 6.45) is 3.19. The van der Waals surface area contributed by atoms with Gasteiger partial charge in [0.05, 0.1) is 13.2 Å². The van der Waals surface area contributed by atoms with Gasteiger partial charge >= 0.3 is 0 Å². The van der Waals surface area contributed by atoms with Gasteiger partial charge in [-0.15, -0.1) is 0 Å². The fourth-order valence-corrected chi connectivity index (χ4v) is 1.67. The molecule has 0 radical (unpaired) electrons. The lowest BCUT2D eigenvalue weighted by atomic mass is 10.0. The van der Waals surface area contributed by atoms with E-state index in [4.69, 9.17) is 14.2 Å². The molecule has 0 saturated carbocycles. The van der Waals surface area contributed by atoms with Crippen LogP contribution in [0.4, 0.5) is 0 Å². The van der Waals surface area contributed by atoms with Crippen LogP contribution in [-0.2, 0) is 14.2 Å². The van der Waals surface area contributed by atoms with Gasteiger partial charge in [0, 0.05) is 13.0 Å². The minimum atomic E-state index is -0.770. The minimum Gasteiger partial charge on any atom is -0.331 e. The summed E-state index contributed by atoms with van der Waals surface area (Å²) in [5.74, 6) is -0.452. The molecule has 1 aliphatic rings. The molecule has 0 aromatic heterocycles. The van der Waals surface area contributed by atoms with Crippen molar-refractivity contribution in [3.63, 3.8) is 0 Å². The molecule has 78 valence electrons. The first-order valence-electron chi connectivity index (χ1n) is 5.08. The molecule has 1 saturated heterocycles. The molecule has 1 fully saturated rings. The Bertz CT molecular complexity index is 149. The number of hydrogen-bond donors (Lipinski definition) is 0. The summed E-state index contributed by atoms with van der Waals surface area (Å²) in [7, 11) is 1.65. The van der Waals surface area contributed by atoms with Crippen molar-refractivity contribution in [2.45, 2.75) is 39.1 Å². The zero-order valence-electron chi connectivity index (χ0n) is 8.84. The van der Waals surface area contributed by atoms with Crippen LogP contribution >= 0.6 is 0 Å². The Balaban J connectivity index is 2.53. The Morgan fingerprint density at radius 3 is 2.85 bits per heavy atom. The molecular weight excluding hydrogens is 168 g/mol. The molecule has 2 atom stereocenters. The van der Waals surface area contributed by atoms with E-state index in [9.17, 15) is 0 Å². The highest BCUT2D eigenvalue weighted by atomic mass is 16.9. The van der Waals surface area contributed by atoms with Crippen molar-refractivity contribution in [3.8, 4) is 0 Å². The summed E-state index contributed by atoms with van der Waals surface area (Å²) in [6.45, 7) is 5.62. The molecule has 2 unspecified atom stereocenters. The maximum absolute atomic E-state index is 5.64. The monoisotopic (exact) mass is 188 g/mol. The SMILES string of the molecule is CCCOC1(OC)OCCCC1C. The largest absolute Gasteiger partial charge is 0.331 e. The van der Waals surface area contributed by atoms with Crippen molar-refractivity contribution < 1.29 is 14.2 Å². The van der Waals surface area contributed by atoms with Crippen molar-refractivity contribution in [2.24, 2.45) is 5.92 Å². The lowest BCUT2D eigenvalue weighted by Gasteiger charge is -2.40. The molecule has 1 rings (SSSR count). The van der Waals surface area contributed by atoms with E-state index in [2.05, 4.69) is 13.8 Å². The van der Waals surface area contributed by atoms with Gasteiger partial charge in [0.25, 0.3) is 5.97 Å². The van der Waals surface area contributed by atoms with Gasteiger partial charge in [-0.05, 0) is 19.3 Å². The van der Waals surface area contributed by atoms with Crippen LogP contribution in [0, 0.1) is 5.92 Å². The Hall–Kier alpha value is -0.120. The predicted molar refractivity (Wildman–Crippen MR) is 50.3 cm³/mol. The Morgan fingerprint density at radius 2 is 2.31 bits per heavy atom.